The van der Waals surface area contributed by atoms with Gasteiger partial charge in [-0.1, -0.05) is 30.3 Å². The average Bonchev–Trinajstić information content (AvgIpc) is 2.68. The van der Waals surface area contributed by atoms with Crippen LogP contribution in [0, 0.1) is 10.1 Å². The molecule has 0 aliphatic rings. The molecule has 0 amide bonds. The normalized spacial score (nSPS) is 10.6. The summed E-state index contributed by atoms with van der Waals surface area (Å²) in [5, 5.41) is 13.1. The summed E-state index contributed by atoms with van der Waals surface area (Å²) >= 11 is 0. The van der Waals surface area contributed by atoms with Crippen LogP contribution < -0.4 is 9.64 Å². The van der Waals surface area contributed by atoms with Crippen molar-refractivity contribution in [1.82, 2.24) is 0 Å². The Bertz CT molecular complexity index is 996. The fraction of sp³-hybridized carbons (Fsp3) is 0.190. The molecule has 0 radical (unpaired) electrons. The quantitative estimate of drug-likeness (QED) is 0.271. The number of rotatable bonds is 6. The third-order valence-electron chi connectivity index (χ3n) is 4.45. The van der Waals surface area contributed by atoms with Crippen molar-refractivity contribution in [2.45, 2.75) is 13.8 Å². The second-order valence-corrected chi connectivity index (χ2v) is 6.03. The lowest BCUT2D eigenvalue weighted by molar-refractivity contribution is -0.384. The Labute approximate surface area is 157 Å². The molecule has 3 aromatic rings. The number of non-ortho nitro benzene ring substituents is 1. The molecular weight excluding hydrogens is 344 g/mol. The van der Waals surface area contributed by atoms with E-state index < -0.39 is 10.9 Å². The number of nitrogens with zero attached hydrogens (tertiary/aromatic N) is 2. The lowest BCUT2D eigenvalue weighted by atomic mass is 10.1. The molecule has 0 atom stereocenters. The van der Waals surface area contributed by atoms with Gasteiger partial charge >= 0.3 is 5.97 Å². The van der Waals surface area contributed by atoms with Gasteiger partial charge in [0.1, 0.15) is 5.75 Å². The largest absolute Gasteiger partial charge is 0.423 e. The number of hydrogen-bond donors (Lipinski definition) is 0. The molecule has 0 saturated carbocycles. The predicted octanol–water partition coefficient (Wildman–Crippen LogP) is 4.81. The number of anilines is 1. The molecule has 3 aromatic carbocycles. The fourth-order valence-electron chi connectivity index (χ4n) is 3.03. The summed E-state index contributed by atoms with van der Waals surface area (Å²) in [4.78, 5) is 25.4. The fourth-order valence-corrected chi connectivity index (χ4v) is 3.03. The number of fused-ring (bicyclic) bond motifs is 1. The van der Waals surface area contributed by atoms with Gasteiger partial charge in [-0.25, -0.2) is 4.79 Å². The number of ether oxygens (including phenoxy) is 1. The van der Waals surface area contributed by atoms with Crippen LogP contribution in [0.25, 0.3) is 10.8 Å². The number of benzene rings is 3. The Morgan fingerprint density at radius 3 is 2.37 bits per heavy atom. The van der Waals surface area contributed by atoms with Gasteiger partial charge in [0.25, 0.3) is 5.69 Å². The molecule has 0 N–H and O–H groups in total. The average molecular weight is 364 g/mol. The summed E-state index contributed by atoms with van der Waals surface area (Å²) in [5.41, 5.74) is 0.661. The van der Waals surface area contributed by atoms with E-state index in [1.54, 1.807) is 18.2 Å². The van der Waals surface area contributed by atoms with E-state index in [0.717, 1.165) is 10.8 Å². The highest BCUT2D eigenvalue weighted by Gasteiger charge is 2.21. The molecule has 3 rings (SSSR count). The maximum absolute atomic E-state index is 12.8. The van der Waals surface area contributed by atoms with Crippen molar-refractivity contribution in [1.29, 1.82) is 0 Å². The lowest BCUT2D eigenvalue weighted by Crippen LogP contribution is -2.25. The van der Waals surface area contributed by atoms with Crippen molar-refractivity contribution in [3.63, 3.8) is 0 Å². The van der Waals surface area contributed by atoms with E-state index in [4.69, 9.17) is 4.74 Å². The van der Waals surface area contributed by atoms with Crippen LogP contribution in [0.15, 0.2) is 60.7 Å². The van der Waals surface area contributed by atoms with Gasteiger partial charge in [-0.15, -0.1) is 0 Å². The first-order valence-corrected chi connectivity index (χ1v) is 8.77. The Morgan fingerprint density at radius 2 is 1.70 bits per heavy atom. The van der Waals surface area contributed by atoms with Crippen molar-refractivity contribution in [2.24, 2.45) is 0 Å². The Balaban J connectivity index is 1.98. The maximum Gasteiger partial charge on any atom is 0.345 e. The van der Waals surface area contributed by atoms with E-state index in [2.05, 4.69) is 0 Å². The van der Waals surface area contributed by atoms with Crippen LogP contribution in [0.1, 0.15) is 24.2 Å². The zero-order valence-corrected chi connectivity index (χ0v) is 15.2. The Kier molecular flexibility index (Phi) is 5.35. The number of nitro benzene ring substituents is 1. The number of nitro groups is 1. The molecule has 0 aliphatic heterocycles. The third kappa shape index (κ3) is 3.89. The van der Waals surface area contributed by atoms with Gasteiger partial charge in [0.15, 0.2) is 0 Å². The lowest BCUT2D eigenvalue weighted by Gasteiger charge is -2.23. The minimum absolute atomic E-state index is 0.142. The second kappa shape index (κ2) is 7.86. The second-order valence-electron chi connectivity index (χ2n) is 6.03. The molecular formula is C21H20N2O4. The van der Waals surface area contributed by atoms with E-state index in [0.29, 0.717) is 24.5 Å². The van der Waals surface area contributed by atoms with Gasteiger partial charge in [0.2, 0.25) is 0 Å². The monoisotopic (exact) mass is 364 g/mol. The van der Waals surface area contributed by atoms with E-state index in [1.165, 1.54) is 12.1 Å². The predicted molar refractivity (Wildman–Crippen MR) is 106 cm³/mol. The van der Waals surface area contributed by atoms with Crippen LogP contribution in [-0.2, 0) is 0 Å². The van der Waals surface area contributed by atoms with Crippen LogP contribution in [0.5, 0.6) is 5.75 Å². The van der Waals surface area contributed by atoms with Crippen molar-refractivity contribution < 1.29 is 14.5 Å². The van der Waals surface area contributed by atoms with Crippen molar-refractivity contribution in [2.75, 3.05) is 18.0 Å². The number of carbonyl (C=O) groups is 1. The molecule has 6 heteroatoms. The molecule has 0 heterocycles. The van der Waals surface area contributed by atoms with Crippen molar-refractivity contribution in [3.8, 4) is 5.75 Å². The first kappa shape index (κ1) is 18.4. The SMILES string of the molecule is CCN(CC)c1ccc([N+](=O)[O-])cc1C(=O)Oc1ccc2ccccc2c1. The van der Waals surface area contributed by atoms with Gasteiger partial charge in [-0.3, -0.25) is 10.1 Å². The molecule has 6 nitrogen and oxygen atoms in total. The van der Waals surface area contributed by atoms with Crippen LogP contribution >= 0.6 is 0 Å². The zero-order valence-electron chi connectivity index (χ0n) is 15.2. The minimum Gasteiger partial charge on any atom is -0.423 e. The third-order valence-corrected chi connectivity index (χ3v) is 4.45. The summed E-state index contributed by atoms with van der Waals surface area (Å²) in [6.07, 6.45) is 0. The van der Waals surface area contributed by atoms with Crippen LogP contribution in [0.3, 0.4) is 0 Å². The molecule has 0 aromatic heterocycles. The molecule has 0 aliphatic carbocycles. The summed E-state index contributed by atoms with van der Waals surface area (Å²) in [6.45, 7) is 5.27. The number of hydrogen-bond acceptors (Lipinski definition) is 5. The number of carbonyl (C=O) groups excluding carboxylic acids is 1. The van der Waals surface area contributed by atoms with Gasteiger partial charge in [-0.2, -0.15) is 0 Å². The molecule has 0 saturated heterocycles. The van der Waals surface area contributed by atoms with Crippen molar-refractivity contribution in [3.05, 3.63) is 76.3 Å². The summed E-state index contributed by atoms with van der Waals surface area (Å²) in [7, 11) is 0. The van der Waals surface area contributed by atoms with E-state index in [1.807, 2.05) is 49.1 Å². The van der Waals surface area contributed by atoms with Crippen LogP contribution in [-0.4, -0.2) is 24.0 Å². The topological polar surface area (TPSA) is 72.7 Å². The van der Waals surface area contributed by atoms with Crippen molar-refractivity contribution >= 4 is 28.1 Å². The molecule has 27 heavy (non-hydrogen) atoms. The van der Waals surface area contributed by atoms with E-state index in [-0.39, 0.29) is 11.3 Å². The van der Waals surface area contributed by atoms with Gasteiger partial charge in [0, 0.05) is 25.2 Å². The molecule has 138 valence electrons. The zero-order chi connectivity index (χ0) is 19.4. The van der Waals surface area contributed by atoms with Gasteiger partial charge in [-0.05, 0) is 42.8 Å². The molecule has 0 bridgehead atoms. The summed E-state index contributed by atoms with van der Waals surface area (Å²) < 4.78 is 5.53. The minimum atomic E-state index is -0.615. The molecule has 0 fully saturated rings. The Hall–Kier alpha value is -3.41. The highest BCUT2D eigenvalue weighted by atomic mass is 16.6. The number of esters is 1. The molecule has 0 spiro atoms. The smallest absolute Gasteiger partial charge is 0.345 e. The maximum atomic E-state index is 12.8. The van der Waals surface area contributed by atoms with Gasteiger partial charge in [0.05, 0.1) is 16.2 Å². The summed E-state index contributed by atoms with van der Waals surface area (Å²) in [5.74, 6) is -0.216. The van der Waals surface area contributed by atoms with E-state index in [9.17, 15) is 14.9 Å². The first-order valence-electron chi connectivity index (χ1n) is 8.77. The van der Waals surface area contributed by atoms with Gasteiger partial charge < -0.3 is 9.64 Å². The first-order chi connectivity index (χ1) is 13.0. The Morgan fingerprint density at radius 1 is 1.00 bits per heavy atom. The summed E-state index contributed by atoms with van der Waals surface area (Å²) in [6, 6.07) is 17.4. The molecule has 0 unspecified atom stereocenters. The highest BCUT2D eigenvalue weighted by molar-refractivity contribution is 5.98. The van der Waals surface area contributed by atoms with E-state index >= 15 is 0 Å². The van der Waals surface area contributed by atoms with Crippen LogP contribution in [0.4, 0.5) is 11.4 Å². The standard InChI is InChI=1S/C21H20N2O4/c1-3-22(4-2)20-12-10-17(23(25)26)14-19(20)21(24)27-18-11-9-15-7-5-6-8-16(15)13-18/h5-14H,3-4H2,1-2H3. The van der Waals surface area contributed by atoms with Crippen LogP contribution in [0.2, 0.25) is 0 Å². The highest BCUT2D eigenvalue weighted by Crippen LogP contribution is 2.28.